The molecule has 0 atom stereocenters. The van der Waals surface area contributed by atoms with Gasteiger partial charge in [-0.05, 0) is 42.0 Å². The predicted molar refractivity (Wildman–Crippen MR) is 118 cm³/mol. The number of rotatable bonds is 5. The van der Waals surface area contributed by atoms with Gasteiger partial charge in [0.2, 0.25) is 0 Å². The minimum atomic E-state index is -3.76. The molecule has 3 aromatic rings. The summed E-state index contributed by atoms with van der Waals surface area (Å²) in [4.78, 5) is 13.0. The molecular formula is C24H17F4N3O4. The van der Waals surface area contributed by atoms with E-state index in [1.807, 2.05) is 30.3 Å². The third-order valence-corrected chi connectivity index (χ3v) is 5.25. The Morgan fingerprint density at radius 2 is 1.69 bits per heavy atom. The van der Waals surface area contributed by atoms with Crippen LogP contribution in [0.3, 0.4) is 0 Å². The Hall–Kier alpha value is -4.41. The van der Waals surface area contributed by atoms with Crippen molar-refractivity contribution in [3.05, 3.63) is 83.9 Å². The molecule has 0 aromatic heterocycles. The number of halogens is 4. The Labute approximate surface area is 196 Å². The number of hydrogen-bond acceptors (Lipinski definition) is 5. The molecule has 0 aliphatic carbocycles. The molecule has 0 spiro atoms. The van der Waals surface area contributed by atoms with Crippen molar-refractivity contribution < 1.29 is 36.6 Å². The number of urea groups is 1. The minimum absolute atomic E-state index is 0.00610. The molecule has 2 N–H and O–H groups in total. The molecule has 0 saturated heterocycles. The average molecular weight is 487 g/mol. The number of nitrogens with one attached hydrogen (secondary N) is 2. The second-order valence-corrected chi connectivity index (χ2v) is 7.58. The zero-order valence-corrected chi connectivity index (χ0v) is 17.8. The fourth-order valence-electron chi connectivity index (χ4n) is 3.74. The van der Waals surface area contributed by atoms with Crippen LogP contribution in [0.1, 0.15) is 11.1 Å². The number of nitrogens with zero attached hydrogens (tertiary/aromatic N) is 1. The molecule has 2 aliphatic heterocycles. The number of amides is 2. The maximum Gasteiger partial charge on any atom is 0.586 e. The first-order chi connectivity index (χ1) is 16.8. The number of hydrogen-bond donors (Lipinski definition) is 2. The van der Waals surface area contributed by atoms with E-state index >= 15 is 0 Å². The lowest BCUT2D eigenvalue weighted by atomic mass is 10.0. The van der Waals surface area contributed by atoms with Crippen molar-refractivity contribution in [3.63, 3.8) is 0 Å². The summed E-state index contributed by atoms with van der Waals surface area (Å²) in [6, 6.07) is 18.7. The largest absolute Gasteiger partial charge is 0.586 e. The van der Waals surface area contributed by atoms with E-state index in [-0.39, 0.29) is 29.5 Å². The van der Waals surface area contributed by atoms with Gasteiger partial charge in [0.15, 0.2) is 11.5 Å². The minimum Gasteiger partial charge on any atom is -0.435 e. The van der Waals surface area contributed by atoms with Gasteiger partial charge in [0.1, 0.15) is 5.75 Å². The highest BCUT2D eigenvalue weighted by Gasteiger charge is 2.43. The van der Waals surface area contributed by atoms with Crippen molar-refractivity contribution in [2.75, 3.05) is 11.9 Å². The first kappa shape index (κ1) is 22.4. The standard InChI is InChI=1S/C24H17F4N3O4/c25-22(26)33-17-9-6-15(7-10-17)21-18(14-4-2-1-3-5-14)13-31(30-21)23(32)29-16-8-11-19-20(12-16)35-24(27,28)34-19/h1-12,22,30H,13H2,(H,29,32). The molecule has 0 radical (unpaired) electrons. The summed E-state index contributed by atoms with van der Waals surface area (Å²) in [5.74, 6) is -0.328. The molecule has 5 rings (SSSR count). The zero-order chi connectivity index (χ0) is 24.6. The molecule has 0 fully saturated rings. The van der Waals surface area contributed by atoms with Crippen LogP contribution in [0.4, 0.5) is 28.0 Å². The van der Waals surface area contributed by atoms with Gasteiger partial charge >= 0.3 is 18.9 Å². The van der Waals surface area contributed by atoms with Crippen LogP contribution in [0.15, 0.2) is 72.8 Å². The van der Waals surface area contributed by atoms with Crippen LogP contribution in [-0.2, 0) is 0 Å². The van der Waals surface area contributed by atoms with Gasteiger partial charge in [-0.2, -0.15) is 8.78 Å². The highest BCUT2D eigenvalue weighted by molar-refractivity contribution is 5.98. The van der Waals surface area contributed by atoms with E-state index in [1.165, 1.54) is 35.3 Å². The van der Waals surface area contributed by atoms with Crippen LogP contribution < -0.4 is 25.0 Å². The summed E-state index contributed by atoms with van der Waals surface area (Å²) in [6.07, 6.45) is -3.76. The maximum absolute atomic E-state index is 13.3. The number of fused-ring (bicyclic) bond motifs is 1. The van der Waals surface area contributed by atoms with Crippen LogP contribution in [-0.4, -0.2) is 30.5 Å². The summed E-state index contributed by atoms with van der Waals surface area (Å²) in [7, 11) is 0. The molecule has 0 bridgehead atoms. The summed E-state index contributed by atoms with van der Waals surface area (Å²) < 4.78 is 64.7. The van der Waals surface area contributed by atoms with Gasteiger partial charge in [-0.25, -0.2) is 9.80 Å². The van der Waals surface area contributed by atoms with E-state index in [9.17, 15) is 22.4 Å². The molecule has 2 aliphatic rings. The summed E-state index contributed by atoms with van der Waals surface area (Å²) in [5.41, 5.74) is 6.14. The average Bonchev–Trinajstić information content (AvgIpc) is 3.39. The molecular weight excluding hydrogens is 470 g/mol. The Morgan fingerprint density at radius 1 is 0.971 bits per heavy atom. The molecule has 180 valence electrons. The van der Waals surface area contributed by atoms with Crippen LogP contribution >= 0.6 is 0 Å². The number of alkyl halides is 4. The lowest BCUT2D eigenvalue weighted by Gasteiger charge is -2.19. The first-order valence-corrected chi connectivity index (χ1v) is 10.4. The second-order valence-electron chi connectivity index (χ2n) is 7.58. The topological polar surface area (TPSA) is 72.1 Å². The lowest BCUT2D eigenvalue weighted by molar-refractivity contribution is -0.286. The van der Waals surface area contributed by atoms with Crippen molar-refractivity contribution >= 4 is 23.0 Å². The van der Waals surface area contributed by atoms with E-state index in [0.717, 1.165) is 11.1 Å². The highest BCUT2D eigenvalue weighted by Crippen LogP contribution is 2.42. The fourth-order valence-corrected chi connectivity index (χ4v) is 3.74. The molecule has 3 aromatic carbocycles. The maximum atomic E-state index is 13.3. The van der Waals surface area contributed by atoms with Gasteiger partial charge in [-0.1, -0.05) is 30.3 Å². The van der Waals surface area contributed by atoms with Crippen LogP contribution in [0, 0.1) is 0 Å². The third-order valence-electron chi connectivity index (χ3n) is 5.25. The van der Waals surface area contributed by atoms with Gasteiger partial charge in [-0.15, -0.1) is 8.78 Å². The van der Waals surface area contributed by atoms with Gasteiger partial charge < -0.3 is 19.5 Å². The van der Waals surface area contributed by atoms with Gasteiger partial charge in [0, 0.05) is 22.9 Å². The molecule has 35 heavy (non-hydrogen) atoms. The SMILES string of the molecule is O=C(Nc1ccc2c(c1)OC(F)(F)O2)N1CC(c2ccccc2)=C(c2ccc(OC(F)F)cc2)N1. The number of carbonyl (C=O) groups is 1. The second kappa shape index (κ2) is 8.75. The normalized spacial score (nSPS) is 15.9. The monoisotopic (exact) mass is 487 g/mol. The molecule has 7 nitrogen and oxygen atoms in total. The Morgan fingerprint density at radius 3 is 2.40 bits per heavy atom. The van der Waals surface area contributed by atoms with E-state index in [4.69, 9.17) is 0 Å². The number of carbonyl (C=O) groups excluding carboxylic acids is 1. The fraction of sp³-hybridized carbons (Fsp3) is 0.125. The predicted octanol–water partition coefficient (Wildman–Crippen LogP) is 5.53. The molecule has 2 amide bonds. The zero-order valence-electron chi connectivity index (χ0n) is 17.8. The lowest BCUT2D eigenvalue weighted by Crippen LogP contribution is -2.40. The van der Waals surface area contributed by atoms with E-state index in [0.29, 0.717) is 11.3 Å². The van der Waals surface area contributed by atoms with Gasteiger partial charge in [0.25, 0.3) is 0 Å². The number of anilines is 1. The van der Waals surface area contributed by atoms with Crippen molar-refractivity contribution in [2.24, 2.45) is 0 Å². The van der Waals surface area contributed by atoms with E-state index in [1.54, 1.807) is 12.1 Å². The highest BCUT2D eigenvalue weighted by atomic mass is 19.3. The Balaban J connectivity index is 1.36. The number of benzene rings is 3. The molecule has 0 saturated carbocycles. The van der Waals surface area contributed by atoms with Crippen molar-refractivity contribution in [2.45, 2.75) is 12.9 Å². The third kappa shape index (κ3) is 4.79. The first-order valence-electron chi connectivity index (χ1n) is 10.4. The number of hydrazine groups is 1. The quantitative estimate of drug-likeness (QED) is 0.463. The smallest absolute Gasteiger partial charge is 0.435 e. The van der Waals surface area contributed by atoms with Gasteiger partial charge in [0.05, 0.1) is 12.2 Å². The van der Waals surface area contributed by atoms with Crippen molar-refractivity contribution in [3.8, 4) is 17.2 Å². The Bertz CT molecular complexity index is 1280. The molecule has 2 heterocycles. The molecule has 11 heteroatoms. The summed E-state index contributed by atoms with van der Waals surface area (Å²) >= 11 is 0. The van der Waals surface area contributed by atoms with Crippen molar-refractivity contribution in [1.29, 1.82) is 0 Å². The Kier molecular flexibility index (Phi) is 5.59. The number of ether oxygens (including phenoxy) is 3. The van der Waals surface area contributed by atoms with Gasteiger partial charge in [-0.3, -0.25) is 5.43 Å². The van der Waals surface area contributed by atoms with Crippen LogP contribution in [0.5, 0.6) is 17.2 Å². The van der Waals surface area contributed by atoms with Crippen molar-refractivity contribution in [1.82, 2.24) is 10.4 Å². The van der Waals surface area contributed by atoms with Crippen LogP contribution in [0.25, 0.3) is 11.3 Å². The van der Waals surface area contributed by atoms with Crippen LogP contribution in [0.2, 0.25) is 0 Å². The summed E-state index contributed by atoms with van der Waals surface area (Å²) in [6.45, 7) is -2.77. The van der Waals surface area contributed by atoms with E-state index in [2.05, 4.69) is 25.0 Å². The molecule has 0 unspecified atom stereocenters. The summed E-state index contributed by atoms with van der Waals surface area (Å²) in [5, 5.41) is 3.94. The van der Waals surface area contributed by atoms with E-state index < -0.39 is 18.9 Å².